The van der Waals surface area contributed by atoms with E-state index in [9.17, 15) is 22.7 Å². The van der Waals surface area contributed by atoms with Crippen molar-refractivity contribution in [2.24, 2.45) is 0 Å². The first-order chi connectivity index (χ1) is 9.70. The van der Waals surface area contributed by atoms with E-state index >= 15 is 0 Å². The number of hydrogen-bond acceptors (Lipinski definition) is 1. The molecule has 0 aliphatic rings. The van der Waals surface area contributed by atoms with Gasteiger partial charge in [-0.05, 0) is 64.0 Å². The fourth-order valence-electron chi connectivity index (χ4n) is 1.83. The van der Waals surface area contributed by atoms with Crippen LogP contribution in [0, 0.1) is 9.39 Å². The van der Waals surface area contributed by atoms with Gasteiger partial charge in [-0.2, -0.15) is 13.2 Å². The summed E-state index contributed by atoms with van der Waals surface area (Å²) in [4.78, 5) is 0. The molecule has 0 fully saturated rings. The Hall–Kier alpha value is -0.860. The molecule has 0 aromatic heterocycles. The molecule has 1 N–H and O–H groups in total. The van der Waals surface area contributed by atoms with Crippen LogP contribution >= 0.6 is 34.2 Å². The average Bonchev–Trinajstić information content (AvgIpc) is 2.40. The third-order valence-electron chi connectivity index (χ3n) is 2.86. The molecule has 2 aromatic rings. The highest BCUT2D eigenvalue weighted by atomic mass is 127. The van der Waals surface area contributed by atoms with E-state index in [0.717, 1.165) is 6.07 Å². The van der Waals surface area contributed by atoms with Gasteiger partial charge in [0.25, 0.3) is 0 Å². The molecule has 1 unspecified atom stereocenters. The lowest BCUT2D eigenvalue weighted by molar-refractivity contribution is -0.140. The first-order valence-electron chi connectivity index (χ1n) is 5.70. The maximum Gasteiger partial charge on any atom is 0.419 e. The van der Waals surface area contributed by atoms with Crippen LogP contribution in [-0.2, 0) is 6.18 Å². The summed E-state index contributed by atoms with van der Waals surface area (Å²) in [5, 5.41) is 10.6. The molecule has 0 heterocycles. The summed E-state index contributed by atoms with van der Waals surface area (Å²) in [6.45, 7) is 0. The van der Waals surface area contributed by atoms with Crippen molar-refractivity contribution in [2.75, 3.05) is 0 Å². The second-order valence-corrected chi connectivity index (χ2v) is 5.90. The number of aliphatic hydroxyl groups excluding tert-OH is 1. The Morgan fingerprint density at radius 2 is 1.76 bits per heavy atom. The van der Waals surface area contributed by atoms with Crippen molar-refractivity contribution in [2.45, 2.75) is 12.3 Å². The van der Waals surface area contributed by atoms with E-state index in [4.69, 9.17) is 11.6 Å². The van der Waals surface area contributed by atoms with Crippen molar-refractivity contribution in [3.63, 3.8) is 0 Å². The summed E-state index contributed by atoms with van der Waals surface area (Å²) in [7, 11) is 0. The Morgan fingerprint density at radius 3 is 2.38 bits per heavy atom. The van der Waals surface area contributed by atoms with Crippen molar-refractivity contribution in [3.05, 3.63) is 67.5 Å². The summed E-state index contributed by atoms with van der Waals surface area (Å²) in [6.07, 6.45) is -6.14. The van der Waals surface area contributed by atoms with Gasteiger partial charge in [-0.25, -0.2) is 4.39 Å². The molecule has 1 atom stereocenters. The zero-order chi connectivity index (χ0) is 15.8. The van der Waals surface area contributed by atoms with Gasteiger partial charge in [-0.3, -0.25) is 0 Å². The lowest BCUT2D eigenvalue weighted by Crippen LogP contribution is -2.10. The Morgan fingerprint density at radius 1 is 1.10 bits per heavy atom. The summed E-state index contributed by atoms with van der Waals surface area (Å²) >= 11 is 7.76. The van der Waals surface area contributed by atoms with Crippen LogP contribution < -0.4 is 0 Å². The van der Waals surface area contributed by atoms with Crippen molar-refractivity contribution in [3.8, 4) is 0 Å². The molecule has 0 amide bonds. The first-order valence-corrected chi connectivity index (χ1v) is 7.15. The summed E-state index contributed by atoms with van der Waals surface area (Å²) in [6, 6.07) is 7.12. The molecular formula is C14H8ClF4IO. The third-order valence-corrected chi connectivity index (χ3v) is 4.08. The second kappa shape index (κ2) is 6.10. The molecule has 2 rings (SSSR count). The Bertz CT molecular complexity index is 673. The van der Waals surface area contributed by atoms with Crippen molar-refractivity contribution in [1.82, 2.24) is 0 Å². The van der Waals surface area contributed by atoms with Crippen LogP contribution in [0.25, 0.3) is 0 Å². The van der Waals surface area contributed by atoms with Crippen molar-refractivity contribution in [1.29, 1.82) is 0 Å². The predicted molar refractivity (Wildman–Crippen MR) is 79.6 cm³/mol. The van der Waals surface area contributed by atoms with Gasteiger partial charge >= 0.3 is 6.18 Å². The molecule has 0 radical (unpaired) electrons. The number of halogens is 6. The van der Waals surface area contributed by atoms with E-state index in [1.165, 1.54) is 6.07 Å². The largest absolute Gasteiger partial charge is 0.419 e. The molecule has 0 saturated heterocycles. The monoisotopic (exact) mass is 430 g/mol. The van der Waals surface area contributed by atoms with E-state index in [0.29, 0.717) is 26.3 Å². The van der Waals surface area contributed by atoms with Crippen LogP contribution in [0.2, 0.25) is 5.02 Å². The Labute approximate surface area is 136 Å². The van der Waals surface area contributed by atoms with Gasteiger partial charge in [0, 0.05) is 8.59 Å². The third kappa shape index (κ3) is 3.67. The molecule has 0 saturated carbocycles. The molecule has 0 spiro atoms. The van der Waals surface area contributed by atoms with E-state index in [1.807, 2.05) is 22.6 Å². The lowest BCUT2D eigenvalue weighted by Gasteiger charge is -2.16. The molecule has 2 aromatic carbocycles. The van der Waals surface area contributed by atoms with E-state index < -0.39 is 23.7 Å². The van der Waals surface area contributed by atoms with Crippen molar-refractivity contribution >= 4 is 34.2 Å². The fourth-order valence-corrected chi connectivity index (χ4v) is 2.64. The Kier molecular flexibility index (Phi) is 4.79. The number of hydrogen-bond donors (Lipinski definition) is 1. The van der Waals surface area contributed by atoms with Gasteiger partial charge in [0.1, 0.15) is 11.9 Å². The SMILES string of the molecule is OC(c1ccc(F)c(C(F)(F)F)c1)c1cc(Cl)ccc1I. The minimum Gasteiger partial charge on any atom is -0.384 e. The van der Waals surface area contributed by atoms with Crippen LogP contribution in [0.3, 0.4) is 0 Å². The standard InChI is InChI=1S/C14H8ClF4IO/c15-8-2-4-12(20)9(6-8)13(21)7-1-3-11(16)10(5-7)14(17,18)19/h1-6,13,21H. The summed E-state index contributed by atoms with van der Waals surface area (Å²) in [5.74, 6) is -1.38. The van der Waals surface area contributed by atoms with Gasteiger partial charge in [0.2, 0.25) is 0 Å². The number of alkyl halides is 3. The molecule has 21 heavy (non-hydrogen) atoms. The zero-order valence-corrected chi connectivity index (χ0v) is 13.2. The molecule has 0 aliphatic carbocycles. The zero-order valence-electron chi connectivity index (χ0n) is 10.3. The van der Waals surface area contributed by atoms with E-state index in [-0.39, 0.29) is 5.56 Å². The Balaban J connectivity index is 2.49. The van der Waals surface area contributed by atoms with Crippen LogP contribution in [0.1, 0.15) is 22.8 Å². The fraction of sp³-hybridized carbons (Fsp3) is 0.143. The summed E-state index contributed by atoms with van der Waals surface area (Å²) in [5.41, 5.74) is -1.09. The van der Waals surface area contributed by atoms with E-state index in [2.05, 4.69) is 0 Å². The van der Waals surface area contributed by atoms with Gasteiger partial charge in [0.15, 0.2) is 0 Å². The van der Waals surface area contributed by atoms with Crippen LogP contribution in [0.5, 0.6) is 0 Å². The first kappa shape index (κ1) is 16.5. The van der Waals surface area contributed by atoms with Crippen molar-refractivity contribution < 1.29 is 22.7 Å². The molecule has 7 heteroatoms. The number of benzene rings is 2. The molecule has 112 valence electrons. The van der Waals surface area contributed by atoms with Gasteiger partial charge in [0.05, 0.1) is 5.56 Å². The minimum atomic E-state index is -4.82. The second-order valence-electron chi connectivity index (χ2n) is 4.31. The highest BCUT2D eigenvalue weighted by Crippen LogP contribution is 2.35. The van der Waals surface area contributed by atoms with Crippen LogP contribution in [0.15, 0.2) is 36.4 Å². The molecule has 0 aliphatic heterocycles. The van der Waals surface area contributed by atoms with Gasteiger partial charge in [-0.1, -0.05) is 17.7 Å². The topological polar surface area (TPSA) is 20.2 Å². The molecule has 0 bridgehead atoms. The van der Waals surface area contributed by atoms with Crippen LogP contribution in [0.4, 0.5) is 17.6 Å². The minimum absolute atomic E-state index is 0.0519. The molecular weight excluding hydrogens is 423 g/mol. The highest BCUT2D eigenvalue weighted by molar-refractivity contribution is 14.1. The van der Waals surface area contributed by atoms with Gasteiger partial charge < -0.3 is 5.11 Å². The van der Waals surface area contributed by atoms with Gasteiger partial charge in [-0.15, -0.1) is 0 Å². The average molecular weight is 431 g/mol. The highest BCUT2D eigenvalue weighted by Gasteiger charge is 2.34. The lowest BCUT2D eigenvalue weighted by atomic mass is 9.99. The number of aliphatic hydroxyl groups is 1. The normalized spacial score (nSPS) is 13.3. The smallest absolute Gasteiger partial charge is 0.384 e. The maximum atomic E-state index is 13.3. The quantitative estimate of drug-likeness (QED) is 0.514. The maximum absolute atomic E-state index is 13.3. The van der Waals surface area contributed by atoms with Crippen LogP contribution in [-0.4, -0.2) is 5.11 Å². The number of rotatable bonds is 2. The molecule has 1 nitrogen and oxygen atoms in total. The van der Waals surface area contributed by atoms with E-state index in [1.54, 1.807) is 12.1 Å². The summed E-state index contributed by atoms with van der Waals surface area (Å²) < 4.78 is 52.0. The predicted octanol–water partition coefficient (Wildman–Crippen LogP) is 5.18.